The van der Waals surface area contributed by atoms with Crippen molar-refractivity contribution in [2.24, 2.45) is 0 Å². The van der Waals surface area contributed by atoms with Crippen molar-refractivity contribution in [1.82, 2.24) is 15.4 Å². The lowest BCUT2D eigenvalue weighted by Gasteiger charge is -2.27. The number of likely N-dealkylation sites (tertiary alicyclic amines) is 1. The fraction of sp³-hybridized carbons (Fsp3) is 0.364. The molecule has 2 heterocycles. The number of nitrogens with zero attached hydrogens (tertiary/aromatic N) is 2. The fourth-order valence-corrected chi connectivity index (χ4v) is 3.72. The molecule has 5 nitrogen and oxygen atoms in total. The van der Waals surface area contributed by atoms with Gasteiger partial charge in [0.25, 0.3) is 0 Å². The minimum Gasteiger partial charge on any atom is -0.356 e. The van der Waals surface area contributed by atoms with Gasteiger partial charge in [-0.25, -0.2) is 0 Å². The minimum atomic E-state index is -0.0400. The summed E-state index contributed by atoms with van der Waals surface area (Å²) in [6.07, 6.45) is 4.13. The molecule has 1 fully saturated rings. The van der Waals surface area contributed by atoms with Gasteiger partial charge in [-0.1, -0.05) is 48.0 Å². The van der Waals surface area contributed by atoms with Crippen LogP contribution < -0.4 is 5.32 Å². The zero-order valence-electron chi connectivity index (χ0n) is 15.5. The number of rotatable bonds is 6. The number of nitrogens with one attached hydrogen (secondary N) is 1. The van der Waals surface area contributed by atoms with Gasteiger partial charge in [0.2, 0.25) is 5.91 Å². The Morgan fingerprint density at radius 1 is 1.00 bits per heavy atom. The first-order valence-corrected chi connectivity index (χ1v) is 9.69. The van der Waals surface area contributed by atoms with Crippen molar-refractivity contribution >= 4 is 16.9 Å². The summed E-state index contributed by atoms with van der Waals surface area (Å²) < 4.78 is 5.28. The molecule has 0 bridgehead atoms. The number of carbonyl (C=O) groups is 1. The van der Waals surface area contributed by atoms with E-state index in [1.165, 1.54) is 43.5 Å². The largest absolute Gasteiger partial charge is 0.356 e. The third-order valence-corrected chi connectivity index (χ3v) is 5.22. The van der Waals surface area contributed by atoms with E-state index in [2.05, 4.69) is 33.6 Å². The molecule has 1 amide bonds. The summed E-state index contributed by atoms with van der Waals surface area (Å²) in [6, 6.07) is 16.0. The summed E-state index contributed by atoms with van der Waals surface area (Å²) in [6.45, 7) is 3.83. The molecule has 1 saturated heterocycles. The van der Waals surface area contributed by atoms with Crippen LogP contribution in [0.3, 0.4) is 0 Å². The van der Waals surface area contributed by atoms with Crippen molar-refractivity contribution in [2.45, 2.75) is 38.8 Å². The quantitative estimate of drug-likeness (QED) is 0.726. The third kappa shape index (κ3) is 4.37. The maximum atomic E-state index is 12.4. The number of hydrogen-bond donors (Lipinski definition) is 1. The Morgan fingerprint density at radius 3 is 2.59 bits per heavy atom. The van der Waals surface area contributed by atoms with Gasteiger partial charge in [-0.2, -0.15) is 0 Å². The van der Waals surface area contributed by atoms with E-state index in [1.54, 1.807) is 0 Å². The number of carbonyl (C=O) groups excluding carboxylic acids is 1. The van der Waals surface area contributed by atoms with Crippen molar-refractivity contribution in [2.75, 3.05) is 13.1 Å². The molecule has 3 aromatic rings. The topological polar surface area (TPSA) is 58.4 Å². The van der Waals surface area contributed by atoms with Crippen LogP contribution in [-0.4, -0.2) is 29.1 Å². The van der Waals surface area contributed by atoms with Crippen LogP contribution in [-0.2, 0) is 24.3 Å². The van der Waals surface area contributed by atoms with E-state index < -0.39 is 0 Å². The predicted octanol–water partition coefficient (Wildman–Crippen LogP) is 3.67. The second-order valence-electron chi connectivity index (χ2n) is 7.18. The van der Waals surface area contributed by atoms with Crippen molar-refractivity contribution in [1.29, 1.82) is 0 Å². The van der Waals surface area contributed by atoms with Crippen LogP contribution in [0.4, 0.5) is 0 Å². The summed E-state index contributed by atoms with van der Waals surface area (Å²) in [5.41, 5.74) is 3.88. The van der Waals surface area contributed by atoms with E-state index in [0.29, 0.717) is 17.8 Å². The van der Waals surface area contributed by atoms with Crippen LogP contribution in [0.2, 0.25) is 0 Å². The summed E-state index contributed by atoms with van der Waals surface area (Å²) in [5, 5.41) is 7.98. The van der Waals surface area contributed by atoms with E-state index in [0.717, 1.165) is 11.9 Å². The zero-order valence-corrected chi connectivity index (χ0v) is 15.5. The maximum absolute atomic E-state index is 12.4. The van der Waals surface area contributed by atoms with Crippen molar-refractivity contribution < 1.29 is 9.32 Å². The lowest BCUT2D eigenvalue weighted by atomic mass is 10.0. The molecule has 1 aliphatic heterocycles. The summed E-state index contributed by atoms with van der Waals surface area (Å²) in [7, 11) is 0. The summed E-state index contributed by atoms with van der Waals surface area (Å²) in [5.74, 6) is -0.0400. The number of para-hydroxylation sites is 1. The average Bonchev–Trinajstić information content (AvgIpc) is 3.11. The first-order valence-electron chi connectivity index (χ1n) is 9.69. The molecule has 140 valence electrons. The molecule has 0 saturated carbocycles. The second-order valence-corrected chi connectivity index (χ2v) is 7.18. The highest BCUT2D eigenvalue weighted by Crippen LogP contribution is 2.19. The van der Waals surface area contributed by atoms with Crippen LogP contribution in [0.25, 0.3) is 11.0 Å². The van der Waals surface area contributed by atoms with Gasteiger partial charge in [0, 0.05) is 18.5 Å². The van der Waals surface area contributed by atoms with E-state index in [9.17, 15) is 4.79 Å². The molecular weight excluding hydrogens is 338 g/mol. The van der Waals surface area contributed by atoms with Crippen molar-refractivity contribution in [3.8, 4) is 0 Å². The lowest BCUT2D eigenvalue weighted by molar-refractivity contribution is -0.120. The molecule has 1 aliphatic rings. The number of aromatic nitrogens is 1. The average molecular weight is 363 g/mol. The van der Waals surface area contributed by atoms with Gasteiger partial charge in [0.05, 0.1) is 6.42 Å². The molecular formula is C22H25N3O2. The highest BCUT2D eigenvalue weighted by molar-refractivity contribution is 5.86. The summed E-state index contributed by atoms with van der Waals surface area (Å²) in [4.78, 5) is 14.9. The number of piperidine rings is 1. The molecule has 0 spiro atoms. The molecule has 0 atom stereocenters. The van der Waals surface area contributed by atoms with Crippen molar-refractivity contribution in [3.63, 3.8) is 0 Å². The Kier molecular flexibility index (Phi) is 5.49. The van der Waals surface area contributed by atoms with Gasteiger partial charge >= 0.3 is 0 Å². The van der Waals surface area contributed by atoms with Crippen LogP contribution in [0.1, 0.15) is 36.1 Å². The Morgan fingerprint density at radius 2 is 1.74 bits per heavy atom. The first-order chi connectivity index (χ1) is 13.3. The van der Waals surface area contributed by atoms with E-state index >= 15 is 0 Å². The Balaban J connectivity index is 1.37. The third-order valence-electron chi connectivity index (χ3n) is 5.22. The van der Waals surface area contributed by atoms with Gasteiger partial charge in [-0.15, -0.1) is 0 Å². The monoisotopic (exact) mass is 363 g/mol. The maximum Gasteiger partial charge on any atom is 0.226 e. The normalized spacial score (nSPS) is 15.1. The molecule has 4 rings (SSSR count). The predicted molar refractivity (Wildman–Crippen MR) is 105 cm³/mol. The highest BCUT2D eigenvalue weighted by atomic mass is 16.5. The van der Waals surface area contributed by atoms with Gasteiger partial charge in [-0.05, 0) is 49.2 Å². The van der Waals surface area contributed by atoms with Crippen LogP contribution in [0.15, 0.2) is 53.1 Å². The SMILES string of the molecule is O=C(Cc1noc2ccccc12)NCc1ccccc1CN1CCCCC1. The Bertz CT molecular complexity index is 913. The van der Waals surface area contributed by atoms with E-state index in [4.69, 9.17) is 4.52 Å². The molecule has 0 radical (unpaired) electrons. The molecule has 0 aliphatic carbocycles. The molecule has 1 N–H and O–H groups in total. The molecule has 27 heavy (non-hydrogen) atoms. The lowest BCUT2D eigenvalue weighted by Crippen LogP contribution is -2.30. The first kappa shape index (κ1) is 17.7. The fourth-order valence-electron chi connectivity index (χ4n) is 3.72. The standard InChI is InChI=1S/C22H25N3O2/c26-22(14-20-19-10-4-5-11-21(19)27-24-20)23-15-17-8-2-3-9-18(17)16-25-12-6-1-7-13-25/h2-5,8-11H,1,6-7,12-16H2,(H,23,26). The second kappa shape index (κ2) is 8.35. The van der Waals surface area contributed by atoms with Gasteiger partial charge in [-0.3, -0.25) is 9.69 Å². The van der Waals surface area contributed by atoms with Gasteiger partial charge in [0.15, 0.2) is 5.58 Å². The zero-order chi connectivity index (χ0) is 18.5. The van der Waals surface area contributed by atoms with Gasteiger partial charge < -0.3 is 9.84 Å². The molecule has 1 aromatic heterocycles. The minimum absolute atomic E-state index is 0.0400. The molecule has 0 unspecified atom stereocenters. The van der Waals surface area contributed by atoms with Crippen LogP contribution in [0.5, 0.6) is 0 Å². The number of hydrogen-bond acceptors (Lipinski definition) is 4. The van der Waals surface area contributed by atoms with Crippen molar-refractivity contribution in [3.05, 3.63) is 65.4 Å². The summed E-state index contributed by atoms with van der Waals surface area (Å²) >= 11 is 0. The van der Waals surface area contributed by atoms with Crippen LogP contribution in [0, 0.1) is 0 Å². The molecule has 5 heteroatoms. The highest BCUT2D eigenvalue weighted by Gasteiger charge is 2.14. The Labute approximate surface area is 159 Å². The Hall–Kier alpha value is -2.66. The van der Waals surface area contributed by atoms with E-state index in [-0.39, 0.29) is 12.3 Å². The van der Waals surface area contributed by atoms with Crippen LogP contribution >= 0.6 is 0 Å². The smallest absolute Gasteiger partial charge is 0.226 e. The molecule has 2 aromatic carbocycles. The van der Waals surface area contributed by atoms with E-state index in [1.807, 2.05) is 30.3 Å². The number of fused-ring (bicyclic) bond motifs is 1. The van der Waals surface area contributed by atoms with Gasteiger partial charge in [0.1, 0.15) is 5.69 Å². The number of benzene rings is 2. The number of amides is 1.